The van der Waals surface area contributed by atoms with Gasteiger partial charge in [-0.05, 0) is 49.9 Å². The Morgan fingerprint density at radius 1 is 1.12 bits per heavy atom. The van der Waals surface area contributed by atoms with E-state index < -0.39 is 6.09 Å². The van der Waals surface area contributed by atoms with E-state index in [4.69, 9.17) is 19.9 Å². The predicted octanol–water partition coefficient (Wildman–Crippen LogP) is 5.43. The Balaban J connectivity index is 1.48. The van der Waals surface area contributed by atoms with Crippen LogP contribution in [0.2, 0.25) is 0 Å². The molecular formula is C26H31N3O4. The Bertz CT molecular complexity index is 1130. The maximum absolute atomic E-state index is 11.7. The first kappa shape index (κ1) is 21.6. The highest BCUT2D eigenvalue weighted by Crippen LogP contribution is 2.41. The zero-order chi connectivity index (χ0) is 22.8. The molecule has 1 aliphatic heterocycles. The molecule has 0 unspecified atom stereocenters. The molecule has 3 N–H and O–H groups in total. The van der Waals surface area contributed by atoms with Crippen LogP contribution in [-0.4, -0.2) is 36.6 Å². The minimum Gasteiger partial charge on any atom is -0.490 e. The molecule has 1 saturated heterocycles. The topological polar surface area (TPSA) is 87.7 Å². The van der Waals surface area contributed by atoms with Gasteiger partial charge in [-0.3, -0.25) is 5.32 Å². The lowest BCUT2D eigenvalue weighted by Crippen LogP contribution is -2.25. The normalized spacial score (nSPS) is 16.6. The minimum absolute atomic E-state index is 0.194. The molecule has 0 bridgehead atoms. The smallest absolute Gasteiger partial charge is 0.411 e. The summed E-state index contributed by atoms with van der Waals surface area (Å²) in [6.45, 7) is 4.56. The molecule has 1 aromatic heterocycles. The van der Waals surface area contributed by atoms with E-state index in [2.05, 4.69) is 22.0 Å². The molecule has 0 radical (unpaired) electrons. The number of hydrogen-bond donors (Lipinski definition) is 2. The average Bonchev–Trinajstić information content (AvgIpc) is 3.60. The van der Waals surface area contributed by atoms with Gasteiger partial charge in [0.1, 0.15) is 11.9 Å². The maximum atomic E-state index is 11.7. The van der Waals surface area contributed by atoms with Crippen LogP contribution in [0, 0.1) is 5.92 Å². The fourth-order valence-electron chi connectivity index (χ4n) is 4.47. The maximum Gasteiger partial charge on any atom is 0.411 e. The molecule has 0 atom stereocenters. The van der Waals surface area contributed by atoms with Crippen LogP contribution >= 0.6 is 0 Å². The summed E-state index contributed by atoms with van der Waals surface area (Å²) in [7, 11) is 0. The zero-order valence-electron chi connectivity index (χ0n) is 19.0. The van der Waals surface area contributed by atoms with Crippen molar-refractivity contribution in [2.24, 2.45) is 5.92 Å². The molecule has 1 saturated carbocycles. The lowest BCUT2D eigenvalue weighted by molar-refractivity contribution is 0.0256. The van der Waals surface area contributed by atoms with Crippen LogP contribution in [0.3, 0.4) is 0 Å². The second-order valence-electron chi connectivity index (χ2n) is 8.85. The second kappa shape index (κ2) is 9.35. The summed E-state index contributed by atoms with van der Waals surface area (Å²) >= 11 is 0. The van der Waals surface area contributed by atoms with E-state index in [-0.39, 0.29) is 6.10 Å². The first-order chi connectivity index (χ1) is 16.1. The van der Waals surface area contributed by atoms with Crippen LogP contribution in [0.5, 0.6) is 5.75 Å². The predicted molar refractivity (Wildman–Crippen MR) is 130 cm³/mol. The summed E-state index contributed by atoms with van der Waals surface area (Å²) in [5, 5.41) is 3.78. The van der Waals surface area contributed by atoms with E-state index in [1.165, 1.54) is 12.8 Å². The number of carbonyl (C=O) groups excluding carboxylic acids is 1. The van der Waals surface area contributed by atoms with E-state index in [0.717, 1.165) is 66.2 Å². The molecular weight excluding hydrogens is 418 g/mol. The Kier molecular flexibility index (Phi) is 6.13. The van der Waals surface area contributed by atoms with Gasteiger partial charge < -0.3 is 24.5 Å². The van der Waals surface area contributed by atoms with Crippen molar-refractivity contribution in [1.82, 2.24) is 4.57 Å². The Labute approximate surface area is 193 Å². The summed E-state index contributed by atoms with van der Waals surface area (Å²) < 4.78 is 19.0. The molecule has 3 aromatic rings. The fraction of sp³-hybridized carbons (Fsp3) is 0.423. The van der Waals surface area contributed by atoms with Crippen LogP contribution < -0.4 is 15.8 Å². The average molecular weight is 450 g/mol. The van der Waals surface area contributed by atoms with Gasteiger partial charge in [-0.15, -0.1) is 0 Å². The highest BCUT2D eigenvalue weighted by atomic mass is 16.5. The lowest BCUT2D eigenvalue weighted by Gasteiger charge is -2.23. The minimum atomic E-state index is -0.454. The first-order valence-corrected chi connectivity index (χ1v) is 11.8. The molecule has 7 heteroatoms. The van der Waals surface area contributed by atoms with E-state index >= 15 is 0 Å². The van der Waals surface area contributed by atoms with Gasteiger partial charge in [-0.2, -0.15) is 0 Å². The fourth-order valence-corrected chi connectivity index (χ4v) is 4.47. The van der Waals surface area contributed by atoms with E-state index in [1.54, 1.807) is 6.92 Å². The monoisotopic (exact) mass is 449 g/mol. The molecule has 2 heterocycles. The summed E-state index contributed by atoms with van der Waals surface area (Å²) in [6.07, 6.45) is 4.07. The van der Waals surface area contributed by atoms with Crippen molar-refractivity contribution >= 4 is 28.4 Å². The van der Waals surface area contributed by atoms with Crippen molar-refractivity contribution in [2.45, 2.75) is 45.3 Å². The number of carbonyl (C=O) groups is 1. The van der Waals surface area contributed by atoms with Gasteiger partial charge in [0.2, 0.25) is 0 Å². The van der Waals surface area contributed by atoms with Crippen LogP contribution in [0.15, 0.2) is 42.5 Å². The highest BCUT2D eigenvalue weighted by molar-refractivity contribution is 6.01. The zero-order valence-corrected chi connectivity index (χ0v) is 19.0. The highest BCUT2D eigenvalue weighted by Gasteiger charge is 2.26. The summed E-state index contributed by atoms with van der Waals surface area (Å²) in [5.41, 5.74) is 11.3. The van der Waals surface area contributed by atoms with Crippen LogP contribution in [0.25, 0.3) is 22.2 Å². The van der Waals surface area contributed by atoms with Gasteiger partial charge in [0.25, 0.3) is 0 Å². The quantitative estimate of drug-likeness (QED) is 0.502. The third-order valence-corrected chi connectivity index (χ3v) is 6.36. The number of hydrogen-bond acceptors (Lipinski definition) is 5. The van der Waals surface area contributed by atoms with Crippen molar-refractivity contribution in [3.05, 3.63) is 42.5 Å². The number of benzene rings is 2. The molecule has 33 heavy (non-hydrogen) atoms. The Morgan fingerprint density at radius 2 is 1.88 bits per heavy atom. The van der Waals surface area contributed by atoms with Gasteiger partial charge in [-0.1, -0.05) is 12.1 Å². The molecule has 2 aromatic carbocycles. The summed E-state index contributed by atoms with van der Waals surface area (Å²) in [6, 6.07) is 14.0. The van der Waals surface area contributed by atoms with Gasteiger partial charge in [-0.25, -0.2) is 4.79 Å². The molecule has 1 amide bonds. The molecule has 0 spiro atoms. The van der Waals surface area contributed by atoms with Gasteiger partial charge in [0.05, 0.1) is 36.7 Å². The number of nitrogen functional groups attached to an aromatic ring is 1. The van der Waals surface area contributed by atoms with Crippen LogP contribution in [0.1, 0.15) is 32.6 Å². The second-order valence-corrected chi connectivity index (χ2v) is 8.85. The van der Waals surface area contributed by atoms with Crippen LogP contribution in [-0.2, 0) is 16.0 Å². The number of anilines is 2. The Morgan fingerprint density at radius 3 is 2.58 bits per heavy atom. The SMILES string of the molecule is CCOC(=O)Nc1ccc(-c2c(N)c3ccc(OC4CCOCC4)cc3n2CC2CC2)cc1. The van der Waals surface area contributed by atoms with E-state index in [0.29, 0.717) is 18.2 Å². The molecule has 2 aliphatic rings. The largest absolute Gasteiger partial charge is 0.490 e. The van der Waals surface area contributed by atoms with Gasteiger partial charge in [0, 0.05) is 42.1 Å². The number of amides is 1. The van der Waals surface area contributed by atoms with Crippen LogP contribution in [0.4, 0.5) is 16.2 Å². The van der Waals surface area contributed by atoms with Crippen molar-refractivity contribution < 1.29 is 19.0 Å². The number of nitrogens with one attached hydrogen (secondary N) is 1. The standard InChI is InChI=1S/C26H31N3O4/c1-2-32-26(30)28-19-7-5-18(6-8-19)25-24(27)22-10-9-21(33-20-11-13-31-14-12-20)15-23(22)29(25)16-17-3-4-17/h5-10,15,17,20H,2-4,11-14,16,27H2,1H3,(H,28,30). The summed E-state index contributed by atoms with van der Waals surface area (Å²) in [4.78, 5) is 11.7. The van der Waals surface area contributed by atoms with Gasteiger partial charge in [0.15, 0.2) is 0 Å². The summed E-state index contributed by atoms with van der Waals surface area (Å²) in [5.74, 6) is 1.56. The third-order valence-electron chi connectivity index (χ3n) is 6.36. The van der Waals surface area contributed by atoms with Crippen molar-refractivity contribution in [2.75, 3.05) is 30.9 Å². The van der Waals surface area contributed by atoms with Crippen molar-refractivity contribution in [1.29, 1.82) is 0 Å². The number of nitrogens with zero attached hydrogens (tertiary/aromatic N) is 1. The van der Waals surface area contributed by atoms with E-state index in [1.807, 2.05) is 30.3 Å². The van der Waals surface area contributed by atoms with Crippen molar-refractivity contribution in [3.8, 4) is 17.0 Å². The first-order valence-electron chi connectivity index (χ1n) is 11.8. The van der Waals surface area contributed by atoms with Gasteiger partial charge >= 0.3 is 6.09 Å². The van der Waals surface area contributed by atoms with E-state index in [9.17, 15) is 4.79 Å². The number of aromatic nitrogens is 1. The molecule has 7 nitrogen and oxygen atoms in total. The lowest BCUT2D eigenvalue weighted by atomic mass is 10.1. The molecule has 174 valence electrons. The van der Waals surface area contributed by atoms with Crippen molar-refractivity contribution in [3.63, 3.8) is 0 Å². The third kappa shape index (κ3) is 4.78. The number of rotatable bonds is 7. The number of nitrogens with two attached hydrogens (primary N) is 1. The Hall–Kier alpha value is -3.19. The molecule has 5 rings (SSSR count). The molecule has 1 aliphatic carbocycles. The number of fused-ring (bicyclic) bond motifs is 1. The molecule has 2 fully saturated rings. The number of ether oxygens (including phenoxy) is 3.